The Kier molecular flexibility index (Phi) is 27.5. The number of ether oxygens (including phenoxy) is 12. The molecule has 1 saturated heterocycles. The number of aliphatic hydroxyl groups excluding tert-OH is 2. The lowest BCUT2D eigenvalue weighted by molar-refractivity contribution is -0.364. The van der Waals surface area contributed by atoms with Crippen molar-refractivity contribution < 1.29 is 115 Å². The summed E-state index contributed by atoms with van der Waals surface area (Å²) in [6.07, 6.45) is -8.57. The Bertz CT molecular complexity index is 3050. The first-order valence-electron chi connectivity index (χ1n) is 33.9. The quantitative estimate of drug-likeness (QED) is 0.0307. The molecule has 546 valence electrons. The Hall–Kier alpha value is -6.53. The zero-order chi connectivity index (χ0) is 72.0. The standard InChI is InChI=1S/C71H103N3O24/c1-42(26-29-87-12)92-36-35-88-30-27-51(77)72-28-20-19-25-48(60(81)66(4,5)6)73-52(78)39-90-33-31-89-32-34-91-40-53(79)94-58(55(45-21-15-13-16-22-45)74-65(85)98-67(7,8)9)64(84)95-57-43(2)54-56(80)61(82)68(10)49(76)37-50-70(41-93-50,97-44(3)75)59(68)62(71(86)38-47(57)69(54,71)11)96-63(83)46-23-17-14-18-24-46/h13-18,21-24,42-43,47-50,54-59,62,76,80,86H,19-20,25-41H2,1-12H3,(H,72,77)(H,73,78)(H,74,85)/t42?,43?,47?,48?,49?,50?,54?,55-,56+,57+,58+,59-,62-,68?,69-,70-,71?/m1/s1. The van der Waals surface area contributed by atoms with Crippen LogP contribution in [0.1, 0.15) is 143 Å². The van der Waals surface area contributed by atoms with Gasteiger partial charge in [-0.1, -0.05) is 83.1 Å². The van der Waals surface area contributed by atoms with E-state index in [1.807, 2.05) is 6.92 Å². The van der Waals surface area contributed by atoms with Crippen LogP contribution in [0.25, 0.3) is 0 Å². The van der Waals surface area contributed by atoms with Gasteiger partial charge in [0.2, 0.25) is 17.9 Å². The van der Waals surface area contributed by atoms with Crippen LogP contribution in [-0.4, -0.2) is 221 Å². The fraction of sp³-hybridized carbons (Fsp3) is 0.704. The van der Waals surface area contributed by atoms with Crippen LogP contribution in [-0.2, 0) is 90.4 Å². The number of aliphatic hydroxyl groups is 3. The van der Waals surface area contributed by atoms with Gasteiger partial charge in [0.25, 0.3) is 0 Å². The highest BCUT2D eigenvalue weighted by Gasteiger charge is 2.85. The largest absolute Gasteiger partial charge is 0.459 e. The number of ketones is 2. The molecular weight excluding hydrogens is 1280 g/mol. The lowest BCUT2D eigenvalue weighted by Crippen LogP contribution is -2.84. The summed E-state index contributed by atoms with van der Waals surface area (Å²) in [5.41, 5.74) is -9.05. The Labute approximate surface area is 573 Å². The average Bonchev–Trinajstić information content (AvgIpc) is 1.32. The number of benzene rings is 2. The van der Waals surface area contributed by atoms with E-state index < -0.39 is 154 Å². The van der Waals surface area contributed by atoms with Gasteiger partial charge in [-0.2, -0.15) is 0 Å². The number of esters is 4. The van der Waals surface area contributed by atoms with Crippen molar-refractivity contribution in [2.75, 3.05) is 86.3 Å². The topological polar surface area (TPSA) is 361 Å². The van der Waals surface area contributed by atoms with E-state index in [9.17, 15) is 48.9 Å². The molecule has 27 heteroatoms. The average molecular weight is 1380 g/mol. The van der Waals surface area contributed by atoms with Crippen molar-refractivity contribution in [1.82, 2.24) is 16.0 Å². The molecule has 1 aliphatic heterocycles. The van der Waals surface area contributed by atoms with Gasteiger partial charge in [-0.3, -0.25) is 24.0 Å². The van der Waals surface area contributed by atoms with E-state index in [0.717, 1.165) is 13.3 Å². The van der Waals surface area contributed by atoms with Crippen molar-refractivity contribution in [3.63, 3.8) is 0 Å². The summed E-state index contributed by atoms with van der Waals surface area (Å²) in [5, 5.41) is 46.7. The van der Waals surface area contributed by atoms with Crippen LogP contribution in [0.5, 0.6) is 0 Å². The molecule has 7 rings (SSSR count). The van der Waals surface area contributed by atoms with E-state index >= 15 is 9.59 Å². The molecule has 5 aliphatic rings. The molecule has 5 fully saturated rings. The molecule has 1 heterocycles. The first-order valence-corrected chi connectivity index (χ1v) is 33.9. The Morgan fingerprint density at radius 2 is 1.40 bits per heavy atom. The van der Waals surface area contributed by atoms with Crippen molar-refractivity contribution in [3.05, 3.63) is 71.8 Å². The molecule has 9 unspecified atom stereocenters. The van der Waals surface area contributed by atoms with Gasteiger partial charge < -0.3 is 88.1 Å². The van der Waals surface area contributed by atoms with E-state index in [2.05, 4.69) is 16.0 Å². The third kappa shape index (κ3) is 18.5. The number of rotatable bonds is 36. The second-order valence-electron chi connectivity index (χ2n) is 28.7. The van der Waals surface area contributed by atoms with E-state index in [4.69, 9.17) is 56.8 Å². The van der Waals surface area contributed by atoms with Crippen molar-refractivity contribution in [3.8, 4) is 0 Å². The summed E-state index contributed by atoms with van der Waals surface area (Å²) >= 11 is 0. The Balaban J connectivity index is 0.971. The molecular formula is C71H103N3O24. The summed E-state index contributed by atoms with van der Waals surface area (Å²) in [6, 6.07) is 13.7. The van der Waals surface area contributed by atoms with Gasteiger partial charge in [0, 0.05) is 62.7 Å². The van der Waals surface area contributed by atoms with Crippen LogP contribution < -0.4 is 16.0 Å². The normalized spacial score (nSPS) is 28.9. The molecule has 27 nitrogen and oxygen atoms in total. The van der Waals surface area contributed by atoms with E-state index in [-0.39, 0.29) is 94.4 Å². The van der Waals surface area contributed by atoms with Gasteiger partial charge in [-0.05, 0) is 90.3 Å². The molecule has 6 N–H and O–H groups in total. The van der Waals surface area contributed by atoms with Crippen LogP contribution in [0, 0.1) is 39.9 Å². The summed E-state index contributed by atoms with van der Waals surface area (Å²) < 4.78 is 69.4. The van der Waals surface area contributed by atoms with Crippen LogP contribution in [0.15, 0.2) is 60.7 Å². The van der Waals surface area contributed by atoms with Gasteiger partial charge in [0.1, 0.15) is 54.9 Å². The zero-order valence-corrected chi connectivity index (χ0v) is 58.6. The highest BCUT2D eigenvalue weighted by molar-refractivity contribution is 5.93. The number of nitrogens with one attached hydrogen (secondary N) is 3. The molecule has 2 aromatic carbocycles. The van der Waals surface area contributed by atoms with Gasteiger partial charge in [-0.25, -0.2) is 19.2 Å². The molecule has 3 amide bonds. The van der Waals surface area contributed by atoms with Gasteiger partial charge in [0.05, 0.1) is 88.0 Å². The molecule has 0 spiro atoms. The predicted octanol–water partition coefficient (Wildman–Crippen LogP) is 4.64. The molecule has 17 atom stereocenters. The number of unbranched alkanes of at least 4 members (excludes halogenated alkanes) is 1. The first kappa shape index (κ1) is 78.8. The number of methoxy groups -OCH3 is 1. The smallest absolute Gasteiger partial charge is 0.408 e. The highest BCUT2D eigenvalue weighted by atomic mass is 16.6. The van der Waals surface area contributed by atoms with E-state index in [1.54, 1.807) is 111 Å². The maximum atomic E-state index is 15.4. The zero-order valence-electron chi connectivity index (χ0n) is 58.6. The molecule has 0 aromatic heterocycles. The molecule has 0 bridgehead atoms. The third-order valence-electron chi connectivity index (χ3n) is 19.8. The van der Waals surface area contributed by atoms with Crippen LogP contribution >= 0.6 is 0 Å². The first-order chi connectivity index (χ1) is 46.2. The number of fused-ring (bicyclic) bond motifs is 3. The lowest BCUT2D eigenvalue weighted by Gasteiger charge is -2.70. The van der Waals surface area contributed by atoms with E-state index in [1.165, 1.54) is 19.1 Å². The maximum Gasteiger partial charge on any atom is 0.408 e. The van der Waals surface area contributed by atoms with Crippen molar-refractivity contribution in [2.24, 2.45) is 39.9 Å². The lowest BCUT2D eigenvalue weighted by atomic mass is 9.39. The number of alkyl carbamates (subject to hydrolysis) is 1. The predicted molar refractivity (Wildman–Crippen MR) is 348 cm³/mol. The minimum Gasteiger partial charge on any atom is -0.459 e. The number of amides is 3. The molecule has 98 heavy (non-hydrogen) atoms. The van der Waals surface area contributed by atoms with E-state index in [0.29, 0.717) is 45.6 Å². The summed E-state index contributed by atoms with van der Waals surface area (Å²) in [5.74, 6) is -10.3. The number of Topliss-reactive ketones (excluding diaryl/α,β-unsaturated/α-hetero) is 2. The van der Waals surface area contributed by atoms with Crippen LogP contribution in [0.2, 0.25) is 0 Å². The number of carbonyl (C=O) groups is 9. The van der Waals surface area contributed by atoms with Crippen LogP contribution in [0.4, 0.5) is 4.79 Å². The number of hydrogen-bond donors (Lipinski definition) is 6. The Morgan fingerprint density at radius 3 is 2.02 bits per heavy atom. The molecule has 0 radical (unpaired) electrons. The molecule has 4 aliphatic carbocycles. The summed E-state index contributed by atoms with van der Waals surface area (Å²) in [4.78, 5) is 124. The van der Waals surface area contributed by atoms with Gasteiger partial charge in [0.15, 0.2) is 17.2 Å². The SMILES string of the molecule is COCCC(C)OCCOCCC(=O)NCCCCC(NC(=O)COCCOCCOCC(=O)O[C@H](C(=O)O[C@H]1C(C)C2[C@H](O)C(=O)C3(C)C(O)CC4OC[C@]4(OC(C)=O)[C@@H]3[C@@H](OC(=O)c3ccccc3)C3(O)CC1[C@]23C)[C@H](NC(=O)OC(C)(C)C)c1ccccc1)C(=O)C(C)(C)C. The fourth-order valence-corrected chi connectivity index (χ4v) is 14.9. The second kappa shape index (κ2) is 34.2. The van der Waals surface area contributed by atoms with Crippen molar-refractivity contribution in [2.45, 2.75) is 193 Å². The summed E-state index contributed by atoms with van der Waals surface area (Å²) in [6.45, 7) is 18.3. The monoisotopic (exact) mass is 1380 g/mol. The van der Waals surface area contributed by atoms with Crippen molar-refractivity contribution >= 4 is 53.4 Å². The highest BCUT2D eigenvalue weighted by Crippen LogP contribution is 2.74. The van der Waals surface area contributed by atoms with Crippen molar-refractivity contribution in [1.29, 1.82) is 0 Å². The minimum absolute atomic E-state index is 0.00416. The molecule has 4 saturated carbocycles. The Morgan fingerprint density at radius 1 is 0.765 bits per heavy atom. The second-order valence-corrected chi connectivity index (χ2v) is 28.7. The maximum absolute atomic E-state index is 15.4. The minimum atomic E-state index is -2.19. The van der Waals surface area contributed by atoms with Gasteiger partial charge in [-0.15, -0.1) is 0 Å². The molecule has 2 aromatic rings. The fourth-order valence-electron chi connectivity index (χ4n) is 14.9. The summed E-state index contributed by atoms with van der Waals surface area (Å²) in [7, 11) is 1.64. The number of carbonyl (C=O) groups excluding carboxylic acids is 9. The van der Waals surface area contributed by atoms with Gasteiger partial charge >= 0.3 is 30.0 Å². The van der Waals surface area contributed by atoms with Crippen LogP contribution in [0.3, 0.4) is 0 Å². The number of hydrogen-bond acceptors (Lipinski definition) is 24. The third-order valence-corrected chi connectivity index (χ3v) is 19.8.